The molecule has 2 heterocycles. The zero-order valence-electron chi connectivity index (χ0n) is 19.5. The number of nitrogens with two attached hydrogens (primary N) is 1. The number of hydrazine groups is 1. The van der Waals surface area contributed by atoms with Gasteiger partial charge < -0.3 is 19.6 Å². The van der Waals surface area contributed by atoms with Gasteiger partial charge in [0.25, 0.3) is 0 Å². The van der Waals surface area contributed by atoms with Crippen LogP contribution in [0.25, 0.3) is 0 Å². The van der Waals surface area contributed by atoms with Crippen molar-refractivity contribution in [2.75, 3.05) is 14.2 Å². The summed E-state index contributed by atoms with van der Waals surface area (Å²) in [5.74, 6) is -0.308. The molecule has 0 bridgehead atoms. The Morgan fingerprint density at radius 1 is 1.26 bits per heavy atom. The number of allylic oxidation sites excluding steroid dienone is 3. The average Bonchev–Trinajstić information content (AvgIpc) is 3.34. The fourth-order valence-corrected chi connectivity index (χ4v) is 4.58. The number of hydrogen-bond acceptors (Lipinski definition) is 8. The van der Waals surface area contributed by atoms with E-state index < -0.39 is 11.8 Å². The normalized spacial score (nSPS) is 19.4. The number of furan rings is 1. The van der Waals surface area contributed by atoms with Gasteiger partial charge in [0.05, 0.1) is 43.7 Å². The molecule has 9 nitrogen and oxygen atoms in total. The predicted octanol–water partition coefficient (Wildman–Crippen LogP) is 3.38. The first-order valence-corrected chi connectivity index (χ1v) is 10.7. The standard InChI is InChI=1S/C25H26N4O5/c1-25(2)11-17-22(18(30)12-25)21(15-10-14(32-3)7-8-19(15)33-4)16(13-26)23(27)29(17)28-24(31)20-6-5-9-34-20/h5-10,21H,11-12,27H2,1-4H3,(H,28,31). The van der Waals surface area contributed by atoms with Crippen molar-refractivity contribution in [3.63, 3.8) is 0 Å². The molecule has 1 atom stereocenters. The van der Waals surface area contributed by atoms with Crippen molar-refractivity contribution in [3.05, 3.63) is 70.6 Å². The number of methoxy groups -OCH3 is 2. The number of benzene rings is 1. The van der Waals surface area contributed by atoms with Gasteiger partial charge in [0.15, 0.2) is 11.5 Å². The number of ether oxygens (including phenoxy) is 2. The van der Waals surface area contributed by atoms with Crippen LogP contribution in [0, 0.1) is 16.7 Å². The van der Waals surface area contributed by atoms with Gasteiger partial charge in [-0.15, -0.1) is 0 Å². The van der Waals surface area contributed by atoms with E-state index in [2.05, 4.69) is 11.5 Å². The van der Waals surface area contributed by atoms with Crippen molar-refractivity contribution in [3.8, 4) is 17.6 Å². The molecule has 0 saturated carbocycles. The molecule has 0 fully saturated rings. The SMILES string of the molecule is COc1ccc(OC)c(C2C(C#N)=C(N)N(NC(=O)c3ccco3)C3=C2C(=O)CC(C)(C)C3)c1. The van der Waals surface area contributed by atoms with Gasteiger partial charge in [0.2, 0.25) is 0 Å². The van der Waals surface area contributed by atoms with Crippen LogP contribution in [0.1, 0.15) is 48.7 Å². The van der Waals surface area contributed by atoms with E-state index >= 15 is 0 Å². The first-order valence-electron chi connectivity index (χ1n) is 10.7. The van der Waals surface area contributed by atoms with Gasteiger partial charge in [-0.25, -0.2) is 5.01 Å². The number of amides is 1. The van der Waals surface area contributed by atoms with Crippen molar-refractivity contribution in [2.45, 2.75) is 32.6 Å². The number of ketones is 1. The van der Waals surface area contributed by atoms with Crippen LogP contribution >= 0.6 is 0 Å². The summed E-state index contributed by atoms with van der Waals surface area (Å²) in [7, 11) is 3.05. The second-order valence-corrected chi connectivity index (χ2v) is 9.01. The summed E-state index contributed by atoms with van der Waals surface area (Å²) in [6, 6.07) is 10.5. The molecular weight excluding hydrogens is 436 g/mol. The van der Waals surface area contributed by atoms with Crippen LogP contribution < -0.4 is 20.6 Å². The first kappa shape index (κ1) is 23.0. The largest absolute Gasteiger partial charge is 0.497 e. The minimum atomic E-state index is -0.773. The average molecular weight is 463 g/mol. The Labute approximate surface area is 197 Å². The van der Waals surface area contributed by atoms with Crippen LogP contribution in [-0.2, 0) is 4.79 Å². The number of carbonyl (C=O) groups excluding carboxylic acids is 2. The Hall–Kier alpha value is -4.19. The Morgan fingerprint density at radius 3 is 2.65 bits per heavy atom. The quantitative estimate of drug-likeness (QED) is 0.691. The summed E-state index contributed by atoms with van der Waals surface area (Å²) in [6.07, 6.45) is 2.12. The maximum atomic E-state index is 13.5. The molecule has 34 heavy (non-hydrogen) atoms. The number of Topliss-reactive ketones (excluding diaryl/α,β-unsaturated/α-hetero) is 1. The zero-order chi connectivity index (χ0) is 24.6. The molecule has 3 N–H and O–H groups in total. The second kappa shape index (κ2) is 8.63. The summed E-state index contributed by atoms with van der Waals surface area (Å²) in [5.41, 5.74) is 10.5. The highest BCUT2D eigenvalue weighted by atomic mass is 16.5. The van der Waals surface area contributed by atoms with Crippen LogP contribution in [0.4, 0.5) is 0 Å². The minimum absolute atomic E-state index is 0.0292. The van der Waals surface area contributed by atoms with Crippen LogP contribution in [-0.4, -0.2) is 30.9 Å². The molecule has 2 aromatic rings. The third kappa shape index (κ3) is 3.88. The molecule has 1 amide bonds. The molecule has 1 aromatic heterocycles. The Balaban J connectivity index is 1.93. The molecule has 176 valence electrons. The van der Waals surface area contributed by atoms with E-state index in [1.54, 1.807) is 24.3 Å². The third-order valence-corrected chi connectivity index (χ3v) is 6.09. The van der Waals surface area contributed by atoms with Crippen molar-refractivity contribution in [1.82, 2.24) is 10.4 Å². The smallest absolute Gasteiger partial charge is 0.305 e. The molecule has 9 heteroatoms. The van der Waals surface area contributed by atoms with E-state index in [4.69, 9.17) is 19.6 Å². The highest BCUT2D eigenvalue weighted by Gasteiger charge is 2.45. The van der Waals surface area contributed by atoms with E-state index in [0.717, 1.165) is 0 Å². The minimum Gasteiger partial charge on any atom is -0.497 e. The summed E-state index contributed by atoms with van der Waals surface area (Å²) in [6.45, 7) is 3.95. The topological polar surface area (TPSA) is 131 Å². The lowest BCUT2D eigenvalue weighted by Crippen LogP contribution is -2.49. The van der Waals surface area contributed by atoms with E-state index in [-0.39, 0.29) is 34.8 Å². The predicted molar refractivity (Wildman–Crippen MR) is 122 cm³/mol. The number of carbonyl (C=O) groups is 2. The van der Waals surface area contributed by atoms with Gasteiger partial charge in [-0.05, 0) is 42.2 Å². The Morgan fingerprint density at radius 2 is 2.03 bits per heavy atom. The Bertz CT molecular complexity index is 1250. The van der Waals surface area contributed by atoms with E-state index in [1.165, 1.54) is 31.6 Å². The summed E-state index contributed by atoms with van der Waals surface area (Å²) >= 11 is 0. The molecule has 0 saturated heterocycles. The van der Waals surface area contributed by atoms with Gasteiger partial charge in [-0.2, -0.15) is 5.26 Å². The van der Waals surface area contributed by atoms with Crippen molar-refractivity contribution in [1.29, 1.82) is 5.26 Å². The molecule has 1 aliphatic carbocycles. The molecule has 1 aliphatic heterocycles. The Kier molecular flexibility index (Phi) is 5.83. The second-order valence-electron chi connectivity index (χ2n) is 9.01. The fraction of sp³-hybridized carbons (Fsp3) is 0.320. The maximum absolute atomic E-state index is 13.5. The number of nitriles is 1. The fourth-order valence-electron chi connectivity index (χ4n) is 4.58. The molecule has 2 aliphatic rings. The lowest BCUT2D eigenvalue weighted by molar-refractivity contribution is -0.118. The summed E-state index contributed by atoms with van der Waals surface area (Å²) in [4.78, 5) is 26.4. The van der Waals surface area contributed by atoms with E-state index in [1.807, 2.05) is 13.8 Å². The lowest BCUT2D eigenvalue weighted by Gasteiger charge is -2.43. The highest BCUT2D eigenvalue weighted by Crippen LogP contribution is 2.50. The van der Waals surface area contributed by atoms with E-state index in [0.29, 0.717) is 34.8 Å². The summed E-state index contributed by atoms with van der Waals surface area (Å²) < 4.78 is 16.1. The molecule has 0 spiro atoms. The van der Waals surface area contributed by atoms with Crippen molar-refractivity contribution < 1.29 is 23.5 Å². The first-order chi connectivity index (χ1) is 16.2. The summed E-state index contributed by atoms with van der Waals surface area (Å²) in [5, 5.41) is 11.5. The molecule has 0 radical (unpaired) electrons. The lowest BCUT2D eigenvalue weighted by atomic mass is 9.69. The third-order valence-electron chi connectivity index (χ3n) is 6.09. The van der Waals surface area contributed by atoms with Crippen LogP contribution in [0.2, 0.25) is 0 Å². The van der Waals surface area contributed by atoms with Crippen molar-refractivity contribution in [2.24, 2.45) is 11.1 Å². The number of nitrogens with one attached hydrogen (secondary N) is 1. The molecular formula is C25H26N4O5. The van der Waals surface area contributed by atoms with E-state index in [9.17, 15) is 14.9 Å². The van der Waals surface area contributed by atoms with Gasteiger partial charge in [0, 0.05) is 17.6 Å². The van der Waals surface area contributed by atoms with Gasteiger partial charge in [-0.1, -0.05) is 13.8 Å². The van der Waals surface area contributed by atoms with Gasteiger partial charge in [0.1, 0.15) is 17.3 Å². The van der Waals surface area contributed by atoms with Crippen LogP contribution in [0.3, 0.4) is 0 Å². The maximum Gasteiger partial charge on any atom is 0.305 e. The number of nitrogens with zero attached hydrogens (tertiary/aromatic N) is 2. The highest BCUT2D eigenvalue weighted by molar-refractivity contribution is 6.01. The van der Waals surface area contributed by atoms with Crippen LogP contribution in [0.5, 0.6) is 11.5 Å². The molecule has 1 unspecified atom stereocenters. The zero-order valence-corrected chi connectivity index (χ0v) is 19.5. The van der Waals surface area contributed by atoms with Crippen molar-refractivity contribution >= 4 is 11.7 Å². The molecule has 1 aromatic carbocycles. The monoisotopic (exact) mass is 462 g/mol. The van der Waals surface area contributed by atoms with Gasteiger partial charge in [-0.3, -0.25) is 15.0 Å². The number of hydrogen-bond donors (Lipinski definition) is 2. The molecule has 4 rings (SSSR count). The van der Waals surface area contributed by atoms with Crippen LogP contribution in [0.15, 0.2) is 63.7 Å². The van der Waals surface area contributed by atoms with Gasteiger partial charge >= 0.3 is 5.91 Å². The number of rotatable bonds is 5.